The van der Waals surface area contributed by atoms with Crippen LogP contribution in [0, 0.1) is 5.41 Å². The molecule has 1 heterocycles. The van der Waals surface area contributed by atoms with E-state index in [2.05, 4.69) is 37.8 Å². The van der Waals surface area contributed by atoms with Gasteiger partial charge in [0.15, 0.2) is 0 Å². The van der Waals surface area contributed by atoms with Gasteiger partial charge in [0.1, 0.15) is 0 Å². The summed E-state index contributed by atoms with van der Waals surface area (Å²) in [5, 5.41) is 0. The van der Waals surface area contributed by atoms with Crippen molar-refractivity contribution in [1.29, 1.82) is 0 Å². The van der Waals surface area contributed by atoms with Crippen molar-refractivity contribution in [3.8, 4) is 0 Å². The summed E-state index contributed by atoms with van der Waals surface area (Å²) in [5.41, 5.74) is 7.87. The highest BCUT2D eigenvalue weighted by molar-refractivity contribution is 5.94. The normalized spacial score (nSPS) is 21.2. The number of hydrogen-bond acceptors (Lipinski definition) is 3. The first-order chi connectivity index (χ1) is 10.5. The smallest absolute Gasteiger partial charge is 0.253 e. The van der Waals surface area contributed by atoms with Crippen molar-refractivity contribution in [3.63, 3.8) is 0 Å². The zero-order chi connectivity index (χ0) is 16.2. The van der Waals surface area contributed by atoms with Gasteiger partial charge in [-0.05, 0) is 56.0 Å². The van der Waals surface area contributed by atoms with Gasteiger partial charge < -0.3 is 15.5 Å². The molecule has 1 saturated heterocycles. The molecule has 0 spiro atoms. The first-order valence-electron chi connectivity index (χ1n) is 8.37. The van der Waals surface area contributed by atoms with Crippen LogP contribution >= 0.6 is 0 Å². The highest BCUT2D eigenvalue weighted by Gasteiger charge is 2.35. The summed E-state index contributed by atoms with van der Waals surface area (Å²) in [6, 6.07) is 8.03. The quantitative estimate of drug-likeness (QED) is 0.879. The molecule has 1 fully saturated rings. The van der Waals surface area contributed by atoms with Crippen molar-refractivity contribution in [3.05, 3.63) is 29.8 Å². The zero-order valence-corrected chi connectivity index (χ0v) is 14.1. The van der Waals surface area contributed by atoms with Crippen LogP contribution in [0.25, 0.3) is 0 Å². The SMILES string of the molecule is CCCN(CC)c1ccc(C(=O)N2CCC(C)(CN)C2)cc1. The molecule has 1 unspecified atom stereocenters. The lowest BCUT2D eigenvalue weighted by molar-refractivity contribution is 0.0777. The van der Waals surface area contributed by atoms with Crippen molar-refractivity contribution < 1.29 is 4.79 Å². The summed E-state index contributed by atoms with van der Waals surface area (Å²) < 4.78 is 0. The molecule has 0 aliphatic carbocycles. The maximum atomic E-state index is 12.6. The minimum Gasteiger partial charge on any atom is -0.372 e. The van der Waals surface area contributed by atoms with Gasteiger partial charge in [0.05, 0.1) is 0 Å². The Bertz CT molecular complexity index is 500. The van der Waals surface area contributed by atoms with Crippen molar-refractivity contribution in [2.45, 2.75) is 33.6 Å². The molecule has 2 rings (SSSR count). The van der Waals surface area contributed by atoms with E-state index < -0.39 is 0 Å². The summed E-state index contributed by atoms with van der Waals surface area (Å²) in [6.45, 7) is 10.7. The standard InChI is InChI=1S/C18H29N3O/c1-4-11-20(5-2)16-8-6-15(7-9-16)17(22)21-12-10-18(3,13-19)14-21/h6-9H,4-5,10-14,19H2,1-3H3. The molecule has 122 valence electrons. The van der Waals surface area contributed by atoms with E-state index in [1.54, 1.807) is 0 Å². The third-order valence-corrected chi connectivity index (χ3v) is 4.69. The van der Waals surface area contributed by atoms with Gasteiger partial charge >= 0.3 is 0 Å². The lowest BCUT2D eigenvalue weighted by atomic mass is 9.90. The van der Waals surface area contributed by atoms with Crippen LogP contribution < -0.4 is 10.6 Å². The van der Waals surface area contributed by atoms with Crippen molar-refractivity contribution in [2.24, 2.45) is 11.1 Å². The van der Waals surface area contributed by atoms with E-state index in [0.29, 0.717) is 6.54 Å². The number of nitrogens with zero attached hydrogens (tertiary/aromatic N) is 2. The van der Waals surface area contributed by atoms with Crippen LogP contribution in [0.2, 0.25) is 0 Å². The van der Waals surface area contributed by atoms with Crippen LogP contribution in [-0.2, 0) is 0 Å². The average Bonchev–Trinajstić information content (AvgIpc) is 2.95. The van der Waals surface area contributed by atoms with Gasteiger partial charge in [0.2, 0.25) is 0 Å². The molecule has 2 N–H and O–H groups in total. The Hall–Kier alpha value is -1.55. The molecule has 4 heteroatoms. The molecule has 0 aromatic heterocycles. The van der Waals surface area contributed by atoms with E-state index in [9.17, 15) is 4.79 Å². The van der Waals surface area contributed by atoms with Crippen molar-refractivity contribution >= 4 is 11.6 Å². The van der Waals surface area contributed by atoms with Crippen LogP contribution in [0.4, 0.5) is 5.69 Å². The maximum Gasteiger partial charge on any atom is 0.253 e. The third-order valence-electron chi connectivity index (χ3n) is 4.69. The van der Waals surface area contributed by atoms with Crippen LogP contribution in [0.1, 0.15) is 44.0 Å². The van der Waals surface area contributed by atoms with E-state index in [0.717, 1.165) is 44.6 Å². The summed E-state index contributed by atoms with van der Waals surface area (Å²) in [7, 11) is 0. The number of anilines is 1. The van der Waals surface area contributed by atoms with Gasteiger partial charge in [0.25, 0.3) is 5.91 Å². The highest BCUT2D eigenvalue weighted by Crippen LogP contribution is 2.29. The number of rotatable bonds is 6. The first kappa shape index (κ1) is 16.8. The Morgan fingerprint density at radius 1 is 1.32 bits per heavy atom. The molecule has 1 aliphatic rings. The number of benzene rings is 1. The fraction of sp³-hybridized carbons (Fsp3) is 0.611. The lowest BCUT2D eigenvalue weighted by Crippen LogP contribution is -2.34. The molecular weight excluding hydrogens is 274 g/mol. The maximum absolute atomic E-state index is 12.6. The molecule has 1 aromatic rings. The van der Waals surface area contributed by atoms with Gasteiger partial charge in [-0.3, -0.25) is 4.79 Å². The second kappa shape index (κ2) is 7.14. The molecule has 1 amide bonds. The molecule has 22 heavy (non-hydrogen) atoms. The molecule has 4 nitrogen and oxygen atoms in total. The largest absolute Gasteiger partial charge is 0.372 e. The number of carbonyl (C=O) groups excluding carboxylic acids is 1. The Morgan fingerprint density at radius 2 is 2.00 bits per heavy atom. The van der Waals surface area contributed by atoms with Crippen LogP contribution in [0.3, 0.4) is 0 Å². The second-order valence-corrected chi connectivity index (χ2v) is 6.62. The Kier molecular flexibility index (Phi) is 5.46. The molecule has 0 bridgehead atoms. The minimum absolute atomic E-state index is 0.0791. The third kappa shape index (κ3) is 3.61. The first-order valence-corrected chi connectivity index (χ1v) is 8.37. The molecule has 1 atom stereocenters. The monoisotopic (exact) mass is 303 g/mol. The molecule has 0 radical (unpaired) electrons. The number of amides is 1. The van der Waals surface area contributed by atoms with Gasteiger partial charge in [-0.25, -0.2) is 0 Å². The van der Waals surface area contributed by atoms with Crippen molar-refractivity contribution in [1.82, 2.24) is 4.90 Å². The molecular formula is C18H29N3O. The van der Waals surface area contributed by atoms with Gasteiger partial charge in [-0.2, -0.15) is 0 Å². The van der Waals surface area contributed by atoms with E-state index in [1.165, 1.54) is 5.69 Å². The van der Waals surface area contributed by atoms with Crippen LogP contribution in [0.5, 0.6) is 0 Å². The lowest BCUT2D eigenvalue weighted by Gasteiger charge is -2.24. The molecule has 0 saturated carbocycles. The number of carbonyl (C=O) groups is 1. The van der Waals surface area contributed by atoms with E-state index in [-0.39, 0.29) is 11.3 Å². The summed E-state index contributed by atoms with van der Waals surface area (Å²) in [5.74, 6) is 0.127. The predicted molar refractivity (Wildman–Crippen MR) is 92.3 cm³/mol. The average molecular weight is 303 g/mol. The Morgan fingerprint density at radius 3 is 2.50 bits per heavy atom. The highest BCUT2D eigenvalue weighted by atomic mass is 16.2. The molecule has 1 aromatic carbocycles. The van der Waals surface area contributed by atoms with Gasteiger partial charge in [-0.1, -0.05) is 13.8 Å². The Balaban J connectivity index is 2.06. The van der Waals surface area contributed by atoms with E-state index in [1.807, 2.05) is 17.0 Å². The summed E-state index contributed by atoms with van der Waals surface area (Å²) >= 11 is 0. The van der Waals surface area contributed by atoms with Crippen LogP contribution in [-0.4, -0.2) is 43.5 Å². The fourth-order valence-corrected chi connectivity index (χ4v) is 3.10. The number of nitrogens with two attached hydrogens (primary N) is 1. The topological polar surface area (TPSA) is 49.6 Å². The van der Waals surface area contributed by atoms with Crippen LogP contribution in [0.15, 0.2) is 24.3 Å². The Labute approximate surface area is 134 Å². The second-order valence-electron chi connectivity index (χ2n) is 6.62. The van der Waals surface area contributed by atoms with Gasteiger partial charge in [0, 0.05) is 37.4 Å². The van der Waals surface area contributed by atoms with E-state index >= 15 is 0 Å². The summed E-state index contributed by atoms with van der Waals surface area (Å²) in [6.07, 6.45) is 2.12. The minimum atomic E-state index is 0.0791. The zero-order valence-electron chi connectivity index (χ0n) is 14.1. The predicted octanol–water partition coefficient (Wildman–Crippen LogP) is 2.73. The van der Waals surface area contributed by atoms with Gasteiger partial charge in [-0.15, -0.1) is 0 Å². The van der Waals surface area contributed by atoms with Crippen molar-refractivity contribution in [2.75, 3.05) is 37.6 Å². The summed E-state index contributed by atoms with van der Waals surface area (Å²) in [4.78, 5) is 16.9. The van der Waals surface area contributed by atoms with E-state index in [4.69, 9.17) is 5.73 Å². The number of likely N-dealkylation sites (tertiary alicyclic amines) is 1. The fourth-order valence-electron chi connectivity index (χ4n) is 3.10. The number of hydrogen-bond donors (Lipinski definition) is 1. The molecule has 1 aliphatic heterocycles.